The average molecular weight is 140 g/mol. The van der Waals surface area contributed by atoms with Crippen LogP contribution in [0.4, 0.5) is 0 Å². The molecule has 0 amide bonds. The predicted octanol–water partition coefficient (Wildman–Crippen LogP) is -1.94. The quantitative estimate of drug-likeness (QED) is 0.286. The molecule has 42 valence electrons. The van der Waals surface area contributed by atoms with Gasteiger partial charge < -0.3 is 17.4 Å². The molecule has 1 saturated heterocycles. The van der Waals surface area contributed by atoms with E-state index in [4.69, 9.17) is 17.4 Å². The molecule has 0 saturated carbocycles. The van der Waals surface area contributed by atoms with Gasteiger partial charge in [-0.05, 0) is 12.8 Å². The molecule has 1 aliphatic rings. The molecule has 1 aliphatic heterocycles. The first-order chi connectivity index (χ1) is 3.39. The summed E-state index contributed by atoms with van der Waals surface area (Å²) in [5, 5.41) is 0. The Hall–Kier alpha value is 1.31. The monoisotopic (exact) mass is 140 g/mol. The van der Waals surface area contributed by atoms with Crippen molar-refractivity contribution in [2.75, 3.05) is 6.61 Å². The van der Waals surface area contributed by atoms with E-state index in [1.807, 2.05) is 0 Å². The summed E-state index contributed by atoms with van der Waals surface area (Å²) < 4.78 is 5.09. The fraction of sp³-hybridized carbons (Fsp3) is 1.00. The molecule has 1 nitrogen and oxygen atoms in total. The molecule has 1 heterocycles. The Morgan fingerprint density at radius 2 is 2.12 bits per heavy atom. The number of rotatable bonds is 0. The van der Waals surface area contributed by atoms with Gasteiger partial charge in [-0.15, -0.1) is 0 Å². The zero-order valence-corrected chi connectivity index (χ0v) is 8.04. The van der Waals surface area contributed by atoms with Gasteiger partial charge in [-0.25, -0.2) is 0 Å². The molecule has 0 N–H and O–H groups in total. The first kappa shape index (κ1) is 9.31. The molecule has 3 heteroatoms. The van der Waals surface area contributed by atoms with E-state index >= 15 is 0 Å². The number of hydrogen-bond donors (Lipinski definition) is 0. The second-order valence-electron chi connectivity index (χ2n) is 1.80. The van der Waals surface area contributed by atoms with Gasteiger partial charge in [0, 0.05) is 6.61 Å². The molecule has 0 unspecified atom stereocenters. The third-order valence-electron chi connectivity index (χ3n) is 1.14. The molecule has 8 heavy (non-hydrogen) atoms. The second-order valence-corrected chi connectivity index (χ2v) is 2.32. The number of hydrogen-bond acceptors (Lipinski definition) is 2. The van der Waals surface area contributed by atoms with Crippen LogP contribution >= 0.6 is 0 Å². The minimum Gasteiger partial charge on any atom is -0.761 e. The largest absolute Gasteiger partial charge is 1.00 e. The summed E-state index contributed by atoms with van der Waals surface area (Å²) in [6, 6.07) is 0. The topological polar surface area (TPSA) is 9.23 Å². The molecule has 0 radical (unpaired) electrons. The first-order valence-corrected chi connectivity index (χ1v) is 3.14. The summed E-state index contributed by atoms with van der Waals surface area (Å²) in [6.45, 7) is 0.883. The van der Waals surface area contributed by atoms with E-state index in [2.05, 4.69) is 0 Å². The Balaban J connectivity index is 0.000000490. The van der Waals surface area contributed by atoms with Crippen molar-refractivity contribution < 1.29 is 34.3 Å². The average Bonchev–Trinajstić information content (AvgIpc) is 1.69. The van der Waals surface area contributed by atoms with E-state index in [0.717, 1.165) is 13.0 Å². The molecule has 0 aromatic rings. The molecule has 1 atom stereocenters. The number of ether oxygens (including phenoxy) is 1. The normalized spacial score (nSPS) is 28.9. The molecule has 1 fully saturated rings. The summed E-state index contributed by atoms with van der Waals surface area (Å²) in [6.07, 6.45) is 3.54. The van der Waals surface area contributed by atoms with Crippen LogP contribution in [0.1, 0.15) is 19.3 Å². The minimum atomic E-state index is 0. The Kier molecular flexibility index (Phi) is 5.96. The van der Waals surface area contributed by atoms with Gasteiger partial charge in [0.05, 0.1) is 0 Å². The van der Waals surface area contributed by atoms with Crippen LogP contribution in [0.15, 0.2) is 0 Å². The maximum Gasteiger partial charge on any atom is 1.00 e. The maximum atomic E-state index is 5.09. The van der Waals surface area contributed by atoms with Crippen molar-refractivity contribution in [1.82, 2.24) is 0 Å². The van der Waals surface area contributed by atoms with E-state index in [1.165, 1.54) is 12.8 Å². The molecular formula is C5H9NaOS. The maximum absolute atomic E-state index is 5.09. The van der Waals surface area contributed by atoms with Gasteiger partial charge in [-0.3, -0.25) is 0 Å². The molecule has 1 rings (SSSR count). The molecule has 0 spiro atoms. The fourth-order valence-corrected chi connectivity index (χ4v) is 0.974. The van der Waals surface area contributed by atoms with E-state index in [0.29, 0.717) is 0 Å². The standard InChI is InChI=1S/C5H10OS.Na/c7-5-3-1-2-4-6-5;/h5,7H,1-4H2;/q;+1/p-1/t5-;/m0./s1. The van der Waals surface area contributed by atoms with E-state index in [1.54, 1.807) is 0 Å². The van der Waals surface area contributed by atoms with E-state index in [9.17, 15) is 0 Å². The Morgan fingerprint density at radius 1 is 1.38 bits per heavy atom. The van der Waals surface area contributed by atoms with Crippen molar-refractivity contribution in [3.63, 3.8) is 0 Å². The molecule has 0 aromatic carbocycles. The summed E-state index contributed by atoms with van der Waals surface area (Å²) in [5.74, 6) is 0. The van der Waals surface area contributed by atoms with Gasteiger partial charge in [0.15, 0.2) is 0 Å². The molecule has 0 bridgehead atoms. The Labute approximate surface area is 77.9 Å². The zero-order chi connectivity index (χ0) is 5.11. The Morgan fingerprint density at radius 3 is 2.38 bits per heavy atom. The van der Waals surface area contributed by atoms with Crippen LogP contribution in [-0.4, -0.2) is 12.0 Å². The van der Waals surface area contributed by atoms with Crippen molar-refractivity contribution in [2.24, 2.45) is 0 Å². The first-order valence-electron chi connectivity index (χ1n) is 2.67. The van der Waals surface area contributed by atoms with Gasteiger partial charge >= 0.3 is 29.6 Å². The Bertz CT molecular complexity index is 54.4. The zero-order valence-electron chi connectivity index (χ0n) is 5.22. The van der Waals surface area contributed by atoms with Crippen molar-refractivity contribution >= 4 is 12.6 Å². The summed E-state index contributed by atoms with van der Waals surface area (Å²) >= 11 is 4.87. The summed E-state index contributed by atoms with van der Waals surface area (Å²) in [4.78, 5) is 0. The summed E-state index contributed by atoms with van der Waals surface area (Å²) in [7, 11) is 0. The van der Waals surface area contributed by atoms with Gasteiger partial charge in [0.25, 0.3) is 0 Å². The SMILES string of the molecule is [Na+].[S-][C@H]1CCCCO1. The van der Waals surface area contributed by atoms with Crippen molar-refractivity contribution in [2.45, 2.75) is 24.7 Å². The fourth-order valence-electron chi connectivity index (χ4n) is 0.711. The second kappa shape index (κ2) is 5.12. The van der Waals surface area contributed by atoms with Crippen molar-refractivity contribution in [1.29, 1.82) is 0 Å². The van der Waals surface area contributed by atoms with Gasteiger partial charge in [0.2, 0.25) is 0 Å². The van der Waals surface area contributed by atoms with Gasteiger partial charge in [-0.2, -0.15) is 0 Å². The van der Waals surface area contributed by atoms with Crippen LogP contribution in [0, 0.1) is 0 Å². The van der Waals surface area contributed by atoms with Gasteiger partial charge in [0.1, 0.15) is 0 Å². The van der Waals surface area contributed by atoms with Crippen LogP contribution in [0.3, 0.4) is 0 Å². The molecule has 0 aliphatic carbocycles. The van der Waals surface area contributed by atoms with E-state index < -0.39 is 0 Å². The van der Waals surface area contributed by atoms with Crippen molar-refractivity contribution in [3.05, 3.63) is 0 Å². The van der Waals surface area contributed by atoms with Crippen LogP contribution in [-0.2, 0) is 17.4 Å². The van der Waals surface area contributed by atoms with Crippen molar-refractivity contribution in [3.8, 4) is 0 Å². The van der Waals surface area contributed by atoms with Crippen LogP contribution in [0.25, 0.3) is 0 Å². The molecular weight excluding hydrogens is 131 g/mol. The third-order valence-corrected chi connectivity index (χ3v) is 1.51. The van der Waals surface area contributed by atoms with Gasteiger partial charge in [-0.1, -0.05) is 11.9 Å². The van der Waals surface area contributed by atoms with Crippen LogP contribution in [0.2, 0.25) is 0 Å². The third kappa shape index (κ3) is 3.36. The summed E-state index contributed by atoms with van der Waals surface area (Å²) in [5.41, 5.74) is 0.119. The van der Waals surface area contributed by atoms with Crippen LogP contribution < -0.4 is 29.6 Å². The molecule has 0 aromatic heterocycles. The minimum absolute atomic E-state index is 0. The smallest absolute Gasteiger partial charge is 0.761 e. The van der Waals surface area contributed by atoms with E-state index in [-0.39, 0.29) is 35.0 Å². The van der Waals surface area contributed by atoms with Crippen LogP contribution in [0.5, 0.6) is 0 Å². The predicted molar refractivity (Wildman–Crippen MR) is 31.0 cm³/mol.